The van der Waals surface area contributed by atoms with Crippen molar-refractivity contribution >= 4 is 41.1 Å². The largest absolute Gasteiger partial charge is 0.452 e. The van der Waals surface area contributed by atoms with Crippen LogP contribution in [0.1, 0.15) is 0 Å². The molecule has 0 aliphatic rings. The molecule has 0 heterocycles. The fraction of sp³-hybridized carbons (Fsp3) is 0.111. The van der Waals surface area contributed by atoms with Crippen LogP contribution < -0.4 is 5.32 Å². The molecule has 0 atom stereocenters. The number of benzene rings is 2. The van der Waals surface area contributed by atoms with Gasteiger partial charge in [-0.05, 0) is 35.9 Å². The third-order valence-electron chi connectivity index (χ3n) is 2.88. The minimum absolute atomic E-state index is 0.318. The molecule has 1 N–H and O–H groups in total. The molecule has 0 bridgehead atoms. The average Bonchev–Trinajstić information content (AvgIpc) is 2.61. The van der Waals surface area contributed by atoms with Crippen LogP contribution in [0.25, 0.3) is 0 Å². The Morgan fingerprint density at radius 2 is 1.79 bits per heavy atom. The van der Waals surface area contributed by atoms with Crippen molar-refractivity contribution in [2.75, 3.05) is 18.2 Å². The molecule has 0 spiro atoms. The van der Waals surface area contributed by atoms with Gasteiger partial charge in [0.05, 0.1) is 5.69 Å². The fourth-order valence-electron chi connectivity index (χ4n) is 1.79. The van der Waals surface area contributed by atoms with Crippen LogP contribution in [0.2, 0.25) is 0 Å². The molecule has 2 aromatic rings. The molecule has 0 fully saturated rings. The van der Waals surface area contributed by atoms with Gasteiger partial charge in [-0.1, -0.05) is 42.1 Å². The first-order valence-electron chi connectivity index (χ1n) is 7.17. The standard InChI is InChI=1S/C18H17NO3S2/c1-23-16-10-6-5-9-15(16)19-17(20)13-22-18(21)11-12-24-14-7-3-2-4-8-14/h2-12H,13H2,1H3,(H,19,20)/b12-11+. The minimum Gasteiger partial charge on any atom is -0.452 e. The number of carbonyl (C=O) groups excluding carboxylic acids is 2. The van der Waals surface area contributed by atoms with Crippen LogP contribution >= 0.6 is 23.5 Å². The van der Waals surface area contributed by atoms with Crippen molar-refractivity contribution in [3.05, 3.63) is 66.1 Å². The van der Waals surface area contributed by atoms with Crippen LogP contribution in [0.15, 0.2) is 75.9 Å². The first-order chi connectivity index (χ1) is 11.7. The third kappa shape index (κ3) is 6.14. The van der Waals surface area contributed by atoms with Gasteiger partial charge in [0.25, 0.3) is 5.91 Å². The smallest absolute Gasteiger partial charge is 0.331 e. The molecule has 1 amide bonds. The minimum atomic E-state index is -0.549. The number of para-hydroxylation sites is 1. The third-order valence-corrected chi connectivity index (χ3v) is 4.49. The molecular formula is C18H17NO3S2. The highest BCUT2D eigenvalue weighted by Gasteiger charge is 2.08. The van der Waals surface area contributed by atoms with Gasteiger partial charge in [0, 0.05) is 15.9 Å². The number of nitrogens with one attached hydrogen (secondary N) is 1. The van der Waals surface area contributed by atoms with Crippen LogP contribution in [-0.2, 0) is 14.3 Å². The Bertz CT molecular complexity index is 717. The highest BCUT2D eigenvalue weighted by molar-refractivity contribution is 8.02. The van der Waals surface area contributed by atoms with Gasteiger partial charge < -0.3 is 10.1 Å². The van der Waals surface area contributed by atoms with Crippen molar-refractivity contribution in [1.82, 2.24) is 0 Å². The van der Waals surface area contributed by atoms with Crippen LogP contribution in [-0.4, -0.2) is 24.7 Å². The van der Waals surface area contributed by atoms with Crippen molar-refractivity contribution in [1.29, 1.82) is 0 Å². The van der Waals surface area contributed by atoms with Gasteiger partial charge in [0.2, 0.25) is 0 Å². The van der Waals surface area contributed by atoms with Crippen molar-refractivity contribution in [2.24, 2.45) is 0 Å². The van der Waals surface area contributed by atoms with Crippen molar-refractivity contribution in [3.63, 3.8) is 0 Å². The fourth-order valence-corrected chi connectivity index (χ4v) is 2.99. The van der Waals surface area contributed by atoms with E-state index >= 15 is 0 Å². The van der Waals surface area contributed by atoms with E-state index in [-0.39, 0.29) is 12.5 Å². The van der Waals surface area contributed by atoms with E-state index < -0.39 is 5.97 Å². The van der Waals surface area contributed by atoms with Gasteiger partial charge in [-0.2, -0.15) is 0 Å². The molecule has 24 heavy (non-hydrogen) atoms. The molecule has 124 valence electrons. The topological polar surface area (TPSA) is 55.4 Å². The Morgan fingerprint density at radius 3 is 2.54 bits per heavy atom. The molecule has 2 aromatic carbocycles. The van der Waals surface area contributed by atoms with Crippen molar-refractivity contribution in [2.45, 2.75) is 9.79 Å². The van der Waals surface area contributed by atoms with Crippen molar-refractivity contribution in [3.8, 4) is 0 Å². The number of hydrogen-bond donors (Lipinski definition) is 1. The van der Waals surface area contributed by atoms with Gasteiger partial charge in [-0.3, -0.25) is 4.79 Å². The second kappa shape index (κ2) is 9.85. The van der Waals surface area contributed by atoms with Crippen LogP contribution in [0.3, 0.4) is 0 Å². The van der Waals surface area contributed by atoms with E-state index in [0.717, 1.165) is 9.79 Å². The summed E-state index contributed by atoms with van der Waals surface area (Å²) in [7, 11) is 0. The SMILES string of the molecule is CSc1ccccc1NC(=O)COC(=O)/C=C/Sc1ccccc1. The monoisotopic (exact) mass is 359 g/mol. The molecule has 4 nitrogen and oxygen atoms in total. The summed E-state index contributed by atoms with van der Waals surface area (Å²) >= 11 is 2.94. The first kappa shape index (κ1) is 18.2. The Kier molecular flexibility index (Phi) is 7.45. The number of rotatable bonds is 7. The summed E-state index contributed by atoms with van der Waals surface area (Å²) in [6, 6.07) is 17.1. The lowest BCUT2D eigenvalue weighted by Gasteiger charge is -2.08. The molecule has 2 rings (SSSR count). The number of anilines is 1. The van der Waals surface area contributed by atoms with Gasteiger partial charge in [-0.15, -0.1) is 11.8 Å². The molecule has 0 saturated heterocycles. The highest BCUT2D eigenvalue weighted by atomic mass is 32.2. The van der Waals surface area contributed by atoms with E-state index in [0.29, 0.717) is 5.69 Å². The summed E-state index contributed by atoms with van der Waals surface area (Å²) in [5, 5.41) is 4.37. The molecular weight excluding hydrogens is 342 g/mol. The second-order valence-corrected chi connectivity index (χ2v) is 6.42. The predicted octanol–water partition coefficient (Wildman–Crippen LogP) is 4.20. The van der Waals surface area contributed by atoms with Gasteiger partial charge in [0.15, 0.2) is 6.61 Å². The number of ether oxygens (including phenoxy) is 1. The summed E-state index contributed by atoms with van der Waals surface area (Å²) in [4.78, 5) is 25.4. The molecule has 0 aliphatic carbocycles. The van der Waals surface area contributed by atoms with Gasteiger partial charge >= 0.3 is 5.97 Å². The maximum absolute atomic E-state index is 11.9. The van der Waals surface area contributed by atoms with E-state index in [4.69, 9.17) is 4.74 Å². The zero-order valence-electron chi connectivity index (χ0n) is 13.1. The predicted molar refractivity (Wildman–Crippen MR) is 99.3 cm³/mol. The van der Waals surface area contributed by atoms with Gasteiger partial charge in [0.1, 0.15) is 0 Å². The molecule has 0 aromatic heterocycles. The Hall–Kier alpha value is -2.18. The number of esters is 1. The zero-order valence-corrected chi connectivity index (χ0v) is 14.7. The van der Waals surface area contributed by atoms with E-state index in [9.17, 15) is 9.59 Å². The summed E-state index contributed by atoms with van der Waals surface area (Å²) in [5.41, 5.74) is 0.709. The van der Waals surface area contributed by atoms with E-state index in [2.05, 4.69) is 5.32 Å². The molecule has 0 saturated carbocycles. The van der Waals surface area contributed by atoms with Crippen LogP contribution in [0, 0.1) is 0 Å². The lowest BCUT2D eigenvalue weighted by Crippen LogP contribution is -2.20. The Balaban J connectivity index is 1.76. The number of thioether (sulfide) groups is 2. The Morgan fingerprint density at radius 1 is 1.08 bits per heavy atom. The summed E-state index contributed by atoms with van der Waals surface area (Å²) in [6.07, 6.45) is 3.24. The highest BCUT2D eigenvalue weighted by Crippen LogP contribution is 2.24. The van der Waals surface area contributed by atoms with Gasteiger partial charge in [-0.25, -0.2) is 4.79 Å². The quantitative estimate of drug-likeness (QED) is 0.456. The maximum atomic E-state index is 11.9. The summed E-state index contributed by atoms with van der Waals surface area (Å²) < 4.78 is 4.93. The van der Waals surface area contributed by atoms with E-state index in [1.807, 2.05) is 60.9 Å². The number of carbonyl (C=O) groups is 2. The number of hydrogen-bond acceptors (Lipinski definition) is 5. The lowest BCUT2D eigenvalue weighted by atomic mass is 10.3. The van der Waals surface area contributed by atoms with Crippen molar-refractivity contribution < 1.29 is 14.3 Å². The zero-order chi connectivity index (χ0) is 17.2. The number of amides is 1. The summed E-state index contributed by atoms with van der Waals surface area (Å²) in [6.45, 7) is -0.318. The van der Waals surface area contributed by atoms with Crippen LogP contribution in [0.4, 0.5) is 5.69 Å². The Labute approximate surface area is 149 Å². The second-order valence-electron chi connectivity index (χ2n) is 4.59. The normalized spacial score (nSPS) is 10.5. The van der Waals surface area contributed by atoms with E-state index in [1.165, 1.54) is 29.6 Å². The molecule has 0 radical (unpaired) electrons. The lowest BCUT2D eigenvalue weighted by molar-refractivity contribution is -0.142. The summed E-state index contributed by atoms with van der Waals surface area (Å²) in [5.74, 6) is -0.916. The molecule has 0 aliphatic heterocycles. The maximum Gasteiger partial charge on any atom is 0.331 e. The molecule has 6 heteroatoms. The molecule has 0 unspecified atom stereocenters. The van der Waals surface area contributed by atoms with E-state index in [1.54, 1.807) is 5.41 Å². The van der Waals surface area contributed by atoms with Crippen LogP contribution in [0.5, 0.6) is 0 Å². The average molecular weight is 359 g/mol. The first-order valence-corrected chi connectivity index (χ1v) is 9.27.